The molecule has 35 heavy (non-hydrogen) atoms. The smallest absolute Gasteiger partial charge is 0.460 e. The van der Waals surface area contributed by atoms with Gasteiger partial charge in [0.1, 0.15) is 5.75 Å². The molecule has 0 spiro atoms. The van der Waals surface area contributed by atoms with Crippen molar-refractivity contribution in [3.63, 3.8) is 0 Å². The standard InChI is InChI=1S/C20H21F13O2/c1-5-11(2)35-13-9-7-6-8-12(13)14(3,34-4)10-15(21,22)16(23,24)17(25,26)18(27,28)19(29,30)20(31,32)33/h6-9,11H,5,10H2,1-4H3. The van der Waals surface area contributed by atoms with Gasteiger partial charge in [0, 0.05) is 12.7 Å². The summed E-state index contributed by atoms with van der Waals surface area (Å²) in [5.74, 6) is -37.5. The molecule has 0 heterocycles. The maximum Gasteiger partial charge on any atom is 0.460 e. The van der Waals surface area contributed by atoms with Gasteiger partial charge in [0.15, 0.2) is 0 Å². The Labute approximate surface area is 191 Å². The number of hydrogen-bond donors (Lipinski definition) is 0. The number of hydrogen-bond acceptors (Lipinski definition) is 2. The summed E-state index contributed by atoms with van der Waals surface area (Å²) in [6, 6.07) is 4.67. The first kappa shape index (κ1) is 31.1. The summed E-state index contributed by atoms with van der Waals surface area (Å²) in [6.07, 6.45) is -10.2. The van der Waals surface area contributed by atoms with Gasteiger partial charge < -0.3 is 9.47 Å². The van der Waals surface area contributed by atoms with Crippen molar-refractivity contribution in [3.05, 3.63) is 29.8 Å². The van der Waals surface area contributed by atoms with E-state index in [0.717, 1.165) is 6.07 Å². The van der Waals surface area contributed by atoms with Crippen LogP contribution < -0.4 is 4.74 Å². The number of benzene rings is 1. The third-order valence-corrected chi connectivity index (χ3v) is 5.37. The topological polar surface area (TPSA) is 18.5 Å². The predicted octanol–water partition coefficient (Wildman–Crippen LogP) is 7.85. The number of alkyl halides is 13. The molecule has 204 valence electrons. The molecule has 0 radical (unpaired) electrons. The average molecular weight is 540 g/mol. The highest BCUT2D eigenvalue weighted by molar-refractivity contribution is 5.38. The van der Waals surface area contributed by atoms with Gasteiger partial charge in [-0.3, -0.25) is 0 Å². The van der Waals surface area contributed by atoms with Crippen LogP contribution in [0.5, 0.6) is 5.75 Å². The molecule has 2 nitrogen and oxygen atoms in total. The van der Waals surface area contributed by atoms with Crippen LogP contribution in [0, 0.1) is 0 Å². The summed E-state index contributed by atoms with van der Waals surface area (Å²) < 4.78 is 185. The average Bonchev–Trinajstić information content (AvgIpc) is 2.72. The fourth-order valence-electron chi connectivity index (χ4n) is 2.92. The van der Waals surface area contributed by atoms with Gasteiger partial charge in [-0.05, 0) is 26.3 Å². The van der Waals surface area contributed by atoms with E-state index in [1.54, 1.807) is 6.92 Å². The summed E-state index contributed by atoms with van der Waals surface area (Å²) in [7, 11) is 0.665. The van der Waals surface area contributed by atoms with Gasteiger partial charge in [-0.2, -0.15) is 57.1 Å². The van der Waals surface area contributed by atoms with Crippen molar-refractivity contribution in [3.8, 4) is 5.75 Å². The molecular formula is C20H21F13O2. The second kappa shape index (κ2) is 9.51. The lowest BCUT2D eigenvalue weighted by atomic mass is 9.83. The van der Waals surface area contributed by atoms with E-state index in [4.69, 9.17) is 9.47 Å². The fourth-order valence-corrected chi connectivity index (χ4v) is 2.92. The lowest BCUT2D eigenvalue weighted by Crippen LogP contribution is -2.70. The molecule has 0 saturated heterocycles. The third-order valence-electron chi connectivity index (χ3n) is 5.37. The van der Waals surface area contributed by atoms with Crippen LogP contribution in [0.4, 0.5) is 57.1 Å². The molecule has 0 aromatic heterocycles. The van der Waals surface area contributed by atoms with Gasteiger partial charge in [-0.1, -0.05) is 25.1 Å². The first-order chi connectivity index (χ1) is 15.5. The summed E-state index contributed by atoms with van der Waals surface area (Å²) in [5.41, 5.74) is -3.12. The van der Waals surface area contributed by atoms with Gasteiger partial charge in [-0.25, -0.2) is 0 Å². The Kier molecular flexibility index (Phi) is 8.45. The molecule has 0 saturated carbocycles. The third kappa shape index (κ3) is 5.15. The summed E-state index contributed by atoms with van der Waals surface area (Å²) in [5, 5.41) is 0. The van der Waals surface area contributed by atoms with Crippen LogP contribution in [-0.4, -0.2) is 49.0 Å². The summed E-state index contributed by atoms with van der Waals surface area (Å²) in [4.78, 5) is 0. The molecule has 1 aromatic rings. The molecule has 0 aliphatic carbocycles. The minimum atomic E-state index is -7.95. The van der Waals surface area contributed by atoms with Gasteiger partial charge in [0.05, 0.1) is 18.1 Å². The minimum absolute atomic E-state index is 0.244. The lowest BCUT2D eigenvalue weighted by molar-refractivity contribution is -0.441. The molecule has 1 rings (SSSR count). The second-order valence-electron chi connectivity index (χ2n) is 7.94. The zero-order chi connectivity index (χ0) is 27.9. The Morgan fingerprint density at radius 1 is 0.743 bits per heavy atom. The number of halogens is 13. The highest BCUT2D eigenvalue weighted by Gasteiger charge is 2.90. The van der Waals surface area contributed by atoms with E-state index in [9.17, 15) is 57.1 Å². The summed E-state index contributed by atoms with van der Waals surface area (Å²) in [6.45, 7) is 3.83. The zero-order valence-corrected chi connectivity index (χ0v) is 18.5. The van der Waals surface area contributed by atoms with E-state index < -0.39 is 59.5 Å². The van der Waals surface area contributed by atoms with Crippen LogP contribution in [0.25, 0.3) is 0 Å². The predicted molar refractivity (Wildman–Crippen MR) is 96.6 cm³/mol. The van der Waals surface area contributed by atoms with Crippen LogP contribution in [0.3, 0.4) is 0 Å². The molecule has 0 aliphatic rings. The Morgan fingerprint density at radius 2 is 1.20 bits per heavy atom. The monoisotopic (exact) mass is 540 g/mol. The Balaban J connectivity index is 3.57. The molecule has 0 amide bonds. The maximum absolute atomic E-state index is 14.5. The second-order valence-corrected chi connectivity index (χ2v) is 7.94. The van der Waals surface area contributed by atoms with E-state index >= 15 is 0 Å². The van der Waals surface area contributed by atoms with Crippen molar-refractivity contribution < 1.29 is 66.5 Å². The van der Waals surface area contributed by atoms with Crippen molar-refractivity contribution in [1.29, 1.82) is 0 Å². The van der Waals surface area contributed by atoms with Crippen molar-refractivity contribution in [2.45, 2.75) is 81.1 Å². The zero-order valence-electron chi connectivity index (χ0n) is 18.5. The quantitative estimate of drug-likeness (QED) is 0.266. The van der Waals surface area contributed by atoms with Gasteiger partial charge in [0.2, 0.25) is 0 Å². The van der Waals surface area contributed by atoms with Crippen LogP contribution in [-0.2, 0) is 10.3 Å². The molecule has 2 unspecified atom stereocenters. The Hall–Kier alpha value is -1.93. The number of para-hydroxylation sites is 1. The minimum Gasteiger partial charge on any atom is -0.490 e. The van der Waals surface area contributed by atoms with E-state index in [2.05, 4.69) is 0 Å². The van der Waals surface area contributed by atoms with E-state index in [-0.39, 0.29) is 5.75 Å². The van der Waals surface area contributed by atoms with Gasteiger partial charge in [-0.15, -0.1) is 0 Å². The van der Waals surface area contributed by atoms with Crippen molar-refractivity contribution >= 4 is 0 Å². The van der Waals surface area contributed by atoms with E-state index in [0.29, 0.717) is 20.5 Å². The molecular weight excluding hydrogens is 519 g/mol. The highest BCUT2D eigenvalue weighted by atomic mass is 19.4. The lowest BCUT2D eigenvalue weighted by Gasteiger charge is -2.42. The number of methoxy groups -OCH3 is 1. The fraction of sp³-hybridized carbons (Fsp3) is 0.700. The molecule has 1 aromatic carbocycles. The molecule has 0 N–H and O–H groups in total. The van der Waals surface area contributed by atoms with E-state index in [1.165, 1.54) is 25.1 Å². The summed E-state index contributed by atoms with van der Waals surface area (Å²) >= 11 is 0. The maximum atomic E-state index is 14.5. The van der Waals surface area contributed by atoms with Crippen molar-refractivity contribution in [2.24, 2.45) is 0 Å². The normalized spacial score (nSPS) is 17.2. The first-order valence-electron chi connectivity index (χ1n) is 9.74. The number of rotatable bonds is 11. The molecule has 0 fully saturated rings. The Morgan fingerprint density at radius 3 is 1.63 bits per heavy atom. The number of ether oxygens (including phenoxy) is 2. The van der Waals surface area contributed by atoms with Gasteiger partial charge >= 0.3 is 35.8 Å². The highest BCUT2D eigenvalue weighted by Crippen LogP contribution is 2.61. The largest absolute Gasteiger partial charge is 0.490 e. The van der Waals surface area contributed by atoms with Crippen molar-refractivity contribution in [1.82, 2.24) is 0 Å². The van der Waals surface area contributed by atoms with Crippen LogP contribution in [0.1, 0.15) is 39.2 Å². The van der Waals surface area contributed by atoms with Crippen LogP contribution >= 0.6 is 0 Å². The molecule has 15 heteroatoms. The molecule has 2 atom stereocenters. The first-order valence-corrected chi connectivity index (χ1v) is 9.74. The molecule has 0 bridgehead atoms. The Bertz CT molecular complexity index is 867. The van der Waals surface area contributed by atoms with Crippen molar-refractivity contribution in [2.75, 3.05) is 7.11 Å². The SMILES string of the molecule is CCC(C)Oc1ccccc1C(C)(CC(F)(F)C(F)(F)C(F)(F)C(F)(F)C(F)(F)C(F)(F)F)OC. The van der Waals surface area contributed by atoms with E-state index in [1.807, 2.05) is 0 Å². The molecule has 0 aliphatic heterocycles. The van der Waals surface area contributed by atoms with Gasteiger partial charge in [0.25, 0.3) is 0 Å². The van der Waals surface area contributed by atoms with Crippen LogP contribution in [0.15, 0.2) is 24.3 Å². The van der Waals surface area contributed by atoms with Crippen LogP contribution in [0.2, 0.25) is 0 Å².